The van der Waals surface area contributed by atoms with Crippen LogP contribution < -0.4 is 5.73 Å². The zero-order chi connectivity index (χ0) is 11.0. The van der Waals surface area contributed by atoms with Crippen LogP contribution in [-0.2, 0) is 13.1 Å². The van der Waals surface area contributed by atoms with Crippen molar-refractivity contribution >= 4 is 0 Å². The zero-order valence-electron chi connectivity index (χ0n) is 9.68. The second kappa shape index (κ2) is 4.18. The molecule has 1 aliphatic heterocycles. The Morgan fingerprint density at radius 1 is 1.44 bits per heavy atom. The molecule has 1 aromatic rings. The molecule has 16 heavy (non-hydrogen) atoms. The van der Waals surface area contributed by atoms with Crippen molar-refractivity contribution in [3.63, 3.8) is 0 Å². The van der Waals surface area contributed by atoms with Crippen molar-refractivity contribution in [3.8, 4) is 0 Å². The number of likely N-dealkylation sites (tertiary alicyclic amines) is 1. The van der Waals surface area contributed by atoms with Crippen molar-refractivity contribution in [2.75, 3.05) is 13.1 Å². The van der Waals surface area contributed by atoms with E-state index in [0.29, 0.717) is 6.54 Å². The van der Waals surface area contributed by atoms with Crippen LogP contribution >= 0.6 is 0 Å². The Morgan fingerprint density at radius 3 is 3.06 bits per heavy atom. The number of hydrogen-bond donors (Lipinski definition) is 1. The minimum Gasteiger partial charge on any atom is -0.336 e. The number of imidazole rings is 1. The highest BCUT2D eigenvalue weighted by molar-refractivity contribution is 5.01. The maximum Gasteiger partial charge on any atom is 0.0950 e. The third-order valence-corrected chi connectivity index (χ3v) is 3.96. The summed E-state index contributed by atoms with van der Waals surface area (Å²) in [6, 6.07) is 0.838. The largest absolute Gasteiger partial charge is 0.336 e. The molecule has 2 bridgehead atoms. The molecule has 4 nitrogen and oxygen atoms in total. The number of nitrogens with two attached hydrogens (primary N) is 1. The van der Waals surface area contributed by atoms with Gasteiger partial charge in [-0.1, -0.05) is 0 Å². The van der Waals surface area contributed by atoms with Crippen molar-refractivity contribution in [1.82, 2.24) is 14.5 Å². The molecule has 0 aromatic carbocycles. The van der Waals surface area contributed by atoms with Crippen LogP contribution in [0.4, 0.5) is 0 Å². The van der Waals surface area contributed by atoms with Gasteiger partial charge in [-0.25, -0.2) is 4.98 Å². The molecule has 0 amide bonds. The van der Waals surface area contributed by atoms with E-state index >= 15 is 0 Å². The first-order valence-electron chi connectivity index (χ1n) is 6.30. The van der Waals surface area contributed by atoms with Gasteiger partial charge in [0.1, 0.15) is 0 Å². The van der Waals surface area contributed by atoms with Crippen LogP contribution in [0.2, 0.25) is 0 Å². The fourth-order valence-electron chi connectivity index (χ4n) is 3.19. The van der Waals surface area contributed by atoms with Crippen molar-refractivity contribution in [3.05, 3.63) is 18.2 Å². The van der Waals surface area contributed by atoms with Gasteiger partial charge < -0.3 is 10.3 Å². The van der Waals surface area contributed by atoms with Crippen LogP contribution in [0.1, 0.15) is 25.0 Å². The lowest BCUT2D eigenvalue weighted by Gasteiger charge is -2.25. The van der Waals surface area contributed by atoms with E-state index in [1.54, 1.807) is 0 Å². The molecule has 1 saturated heterocycles. The Hall–Kier alpha value is -0.870. The van der Waals surface area contributed by atoms with E-state index in [2.05, 4.69) is 20.6 Å². The molecule has 2 heterocycles. The first-order chi connectivity index (χ1) is 7.85. The predicted octanol–water partition coefficient (Wildman–Crippen LogP) is 0.826. The minimum atomic E-state index is 0.685. The van der Waals surface area contributed by atoms with Gasteiger partial charge in [-0.3, -0.25) is 4.90 Å². The first kappa shape index (κ1) is 10.3. The van der Waals surface area contributed by atoms with Gasteiger partial charge in [-0.05, 0) is 25.2 Å². The first-order valence-corrected chi connectivity index (χ1v) is 6.30. The molecule has 1 aromatic heterocycles. The van der Waals surface area contributed by atoms with Gasteiger partial charge in [-0.15, -0.1) is 0 Å². The Morgan fingerprint density at radius 2 is 2.38 bits per heavy atom. The third-order valence-electron chi connectivity index (χ3n) is 3.96. The van der Waals surface area contributed by atoms with Crippen molar-refractivity contribution in [2.45, 2.75) is 38.4 Å². The van der Waals surface area contributed by atoms with E-state index in [0.717, 1.165) is 25.0 Å². The summed E-state index contributed by atoms with van der Waals surface area (Å²) >= 11 is 0. The lowest BCUT2D eigenvalue weighted by atomic mass is 10.1. The summed E-state index contributed by atoms with van der Waals surface area (Å²) in [4.78, 5) is 7.05. The zero-order valence-corrected chi connectivity index (χ0v) is 9.68. The number of fused-ring (bicyclic) bond motifs is 2. The molecule has 2 unspecified atom stereocenters. The summed E-state index contributed by atoms with van der Waals surface area (Å²) in [6.45, 7) is 3.87. The Kier molecular flexibility index (Phi) is 2.69. The summed E-state index contributed by atoms with van der Waals surface area (Å²) in [5.41, 5.74) is 6.72. The Balaban J connectivity index is 1.61. The van der Waals surface area contributed by atoms with Crippen LogP contribution in [0, 0.1) is 5.92 Å². The van der Waals surface area contributed by atoms with E-state index in [1.165, 1.54) is 31.5 Å². The molecule has 88 valence electrons. The van der Waals surface area contributed by atoms with Gasteiger partial charge in [-0.2, -0.15) is 0 Å². The fourth-order valence-corrected chi connectivity index (χ4v) is 3.19. The topological polar surface area (TPSA) is 47.1 Å². The maximum atomic E-state index is 5.52. The van der Waals surface area contributed by atoms with E-state index < -0.39 is 0 Å². The Labute approximate surface area is 96.4 Å². The standard InChI is InChI=1S/C12H20N4/c13-3-4-15-7-11(14-9-15)8-16-6-10-1-2-12(16)5-10/h7,9-10,12H,1-6,8,13H2. The molecule has 0 spiro atoms. The summed E-state index contributed by atoms with van der Waals surface area (Å²) in [5.74, 6) is 0.969. The van der Waals surface area contributed by atoms with Crippen LogP contribution in [0.5, 0.6) is 0 Å². The molecule has 1 saturated carbocycles. The second-order valence-electron chi connectivity index (χ2n) is 5.15. The summed E-state index contributed by atoms with van der Waals surface area (Å²) in [5, 5.41) is 0. The number of piperidine rings is 1. The van der Waals surface area contributed by atoms with Crippen molar-refractivity contribution in [2.24, 2.45) is 11.7 Å². The van der Waals surface area contributed by atoms with Gasteiger partial charge in [0, 0.05) is 38.4 Å². The molecular weight excluding hydrogens is 200 g/mol. The highest BCUT2D eigenvalue weighted by Gasteiger charge is 2.37. The number of aromatic nitrogens is 2. The highest BCUT2D eigenvalue weighted by Crippen LogP contribution is 2.37. The fraction of sp³-hybridized carbons (Fsp3) is 0.750. The number of nitrogens with zero attached hydrogens (tertiary/aromatic N) is 3. The quantitative estimate of drug-likeness (QED) is 0.817. The van der Waals surface area contributed by atoms with Crippen molar-refractivity contribution < 1.29 is 0 Å². The third kappa shape index (κ3) is 1.87. The summed E-state index contributed by atoms with van der Waals surface area (Å²) in [6.07, 6.45) is 8.30. The lowest BCUT2D eigenvalue weighted by Crippen LogP contribution is -2.31. The predicted molar refractivity (Wildman–Crippen MR) is 62.8 cm³/mol. The van der Waals surface area contributed by atoms with Crippen LogP contribution in [0.3, 0.4) is 0 Å². The smallest absolute Gasteiger partial charge is 0.0950 e. The van der Waals surface area contributed by atoms with Gasteiger partial charge >= 0.3 is 0 Å². The van der Waals surface area contributed by atoms with E-state index in [9.17, 15) is 0 Å². The summed E-state index contributed by atoms with van der Waals surface area (Å²) < 4.78 is 2.09. The molecule has 2 fully saturated rings. The van der Waals surface area contributed by atoms with Crippen molar-refractivity contribution in [1.29, 1.82) is 0 Å². The average Bonchev–Trinajstić information content (AvgIpc) is 2.95. The monoisotopic (exact) mass is 220 g/mol. The normalized spacial score (nSPS) is 29.1. The summed E-state index contributed by atoms with van der Waals surface area (Å²) in [7, 11) is 0. The van der Waals surface area contributed by atoms with Gasteiger partial charge in [0.05, 0.1) is 12.0 Å². The van der Waals surface area contributed by atoms with E-state index in [4.69, 9.17) is 5.73 Å². The molecule has 2 N–H and O–H groups in total. The second-order valence-corrected chi connectivity index (χ2v) is 5.15. The molecule has 1 aliphatic carbocycles. The van der Waals surface area contributed by atoms with Gasteiger partial charge in [0.15, 0.2) is 0 Å². The van der Waals surface area contributed by atoms with E-state index in [-0.39, 0.29) is 0 Å². The van der Waals surface area contributed by atoms with Crippen LogP contribution in [0.15, 0.2) is 12.5 Å². The maximum absolute atomic E-state index is 5.52. The molecule has 2 atom stereocenters. The molecule has 3 rings (SSSR count). The number of hydrogen-bond acceptors (Lipinski definition) is 3. The minimum absolute atomic E-state index is 0.685. The molecule has 2 aliphatic rings. The molecule has 4 heteroatoms. The van der Waals surface area contributed by atoms with Gasteiger partial charge in [0.2, 0.25) is 0 Å². The van der Waals surface area contributed by atoms with Gasteiger partial charge in [0.25, 0.3) is 0 Å². The van der Waals surface area contributed by atoms with Crippen LogP contribution in [-0.4, -0.2) is 33.6 Å². The highest BCUT2D eigenvalue weighted by atomic mass is 15.2. The SMILES string of the molecule is NCCn1cnc(CN2CC3CCC2C3)c1. The number of rotatable bonds is 4. The Bertz CT molecular complexity index is 360. The van der Waals surface area contributed by atoms with Crippen LogP contribution in [0.25, 0.3) is 0 Å². The lowest BCUT2D eigenvalue weighted by molar-refractivity contribution is 0.203. The molecular formula is C12H20N4. The van der Waals surface area contributed by atoms with E-state index in [1.807, 2.05) is 6.33 Å². The average molecular weight is 220 g/mol. The molecule has 0 radical (unpaired) electrons.